The largest absolute Gasteiger partial charge is 0.481 e. The zero-order valence-electron chi connectivity index (χ0n) is 22.6. The molecule has 1 aliphatic heterocycles. The lowest BCUT2D eigenvalue weighted by molar-refractivity contribution is -0.136. The molecule has 0 saturated heterocycles. The number of benzene rings is 2. The predicted molar refractivity (Wildman–Crippen MR) is 143 cm³/mol. The molecule has 2 aromatic rings. The first kappa shape index (κ1) is 28.4. The molecule has 0 aromatic heterocycles. The third-order valence-electron chi connectivity index (χ3n) is 7.94. The average Bonchev–Trinajstić information content (AvgIpc) is 3.14. The number of amides is 2. The Morgan fingerprint density at radius 1 is 1.08 bits per heavy atom. The fourth-order valence-electron chi connectivity index (χ4n) is 5.55. The summed E-state index contributed by atoms with van der Waals surface area (Å²) in [5.41, 5.74) is 1.20. The molecular weight excluding hydrogens is 504 g/mol. The number of carboxylic acid groups (broad SMARTS) is 1. The highest BCUT2D eigenvalue weighted by atomic mass is 19.2. The van der Waals surface area contributed by atoms with Crippen molar-refractivity contribution >= 4 is 23.5 Å². The van der Waals surface area contributed by atoms with E-state index >= 15 is 0 Å². The molecule has 1 saturated carbocycles. The Hall–Kier alpha value is -3.62. The molecule has 1 fully saturated rings. The minimum absolute atomic E-state index is 0.0471. The Morgan fingerprint density at radius 3 is 2.33 bits per heavy atom. The summed E-state index contributed by atoms with van der Waals surface area (Å²) in [5.74, 6) is -3.11. The number of carbonyl (C=O) groups is 3. The van der Waals surface area contributed by atoms with E-state index in [4.69, 9.17) is 10.1 Å². The molecule has 1 aliphatic carbocycles. The Balaban J connectivity index is 1.51. The van der Waals surface area contributed by atoms with Crippen molar-refractivity contribution in [2.24, 2.45) is 16.3 Å². The molecule has 0 atom stereocenters. The predicted octanol–water partition coefficient (Wildman–Crippen LogP) is 4.98. The van der Waals surface area contributed by atoms with Gasteiger partial charge in [0, 0.05) is 24.2 Å². The molecule has 9 heteroatoms. The quantitative estimate of drug-likeness (QED) is 0.495. The molecule has 208 valence electrons. The second kappa shape index (κ2) is 11.2. The summed E-state index contributed by atoms with van der Waals surface area (Å²) in [6.45, 7) is 7.10. The highest BCUT2D eigenvalue weighted by molar-refractivity contribution is 6.46. The Bertz CT molecular complexity index is 1280. The summed E-state index contributed by atoms with van der Waals surface area (Å²) in [6, 6.07) is 10.4. The smallest absolute Gasteiger partial charge is 0.305 e. The molecule has 39 heavy (non-hydrogen) atoms. The van der Waals surface area contributed by atoms with Crippen LogP contribution in [-0.4, -0.2) is 52.3 Å². The second-order valence-electron chi connectivity index (χ2n) is 11.5. The lowest BCUT2D eigenvalue weighted by atomic mass is 9.69. The molecule has 1 heterocycles. The number of aliphatic imine (C=N–C) groups is 1. The average molecular weight is 540 g/mol. The first-order chi connectivity index (χ1) is 18.4. The van der Waals surface area contributed by atoms with Crippen LogP contribution < -0.4 is 5.32 Å². The van der Waals surface area contributed by atoms with Gasteiger partial charge in [0.05, 0.1) is 6.42 Å². The minimum Gasteiger partial charge on any atom is -0.481 e. The maximum atomic E-state index is 14.0. The van der Waals surface area contributed by atoms with Gasteiger partial charge in [-0.2, -0.15) is 0 Å². The third-order valence-corrected chi connectivity index (χ3v) is 7.94. The van der Waals surface area contributed by atoms with Crippen molar-refractivity contribution in [2.75, 3.05) is 13.1 Å². The molecule has 1 spiro atoms. The summed E-state index contributed by atoms with van der Waals surface area (Å²) >= 11 is 0. The molecule has 0 bridgehead atoms. The van der Waals surface area contributed by atoms with Gasteiger partial charge in [-0.1, -0.05) is 32.9 Å². The number of hydrogen-bond donors (Lipinski definition) is 2. The summed E-state index contributed by atoms with van der Waals surface area (Å²) in [4.78, 5) is 43.2. The van der Waals surface area contributed by atoms with E-state index in [2.05, 4.69) is 26.1 Å². The van der Waals surface area contributed by atoms with E-state index in [1.54, 1.807) is 17.0 Å². The standard InChI is InChI=1S/C30H35F2N3O4/c1-29(2,3)22-10-14-30(15-11-22)34-26(21-8-9-23(31)24(32)18-21)28(39)35(30)17-13-19-4-6-20(7-5-19)27(38)33-16-12-25(36)37/h4-9,18,22H,10-17H2,1-3H3,(H,33,38)(H,36,37). The normalized spacial score (nSPS) is 21.3. The van der Waals surface area contributed by atoms with E-state index in [1.165, 1.54) is 6.07 Å². The van der Waals surface area contributed by atoms with Gasteiger partial charge in [-0.25, -0.2) is 8.78 Å². The first-order valence-corrected chi connectivity index (χ1v) is 13.4. The number of carboxylic acids is 1. The van der Waals surface area contributed by atoms with E-state index in [9.17, 15) is 23.2 Å². The van der Waals surface area contributed by atoms with Crippen LogP contribution in [0.25, 0.3) is 0 Å². The molecule has 2 aromatic carbocycles. The van der Waals surface area contributed by atoms with Crippen LogP contribution in [0.4, 0.5) is 8.78 Å². The lowest BCUT2D eigenvalue weighted by Crippen LogP contribution is -2.50. The van der Waals surface area contributed by atoms with Crippen molar-refractivity contribution in [2.45, 2.75) is 65.0 Å². The van der Waals surface area contributed by atoms with Crippen LogP contribution in [0.2, 0.25) is 0 Å². The van der Waals surface area contributed by atoms with Crippen molar-refractivity contribution in [3.05, 3.63) is 70.8 Å². The van der Waals surface area contributed by atoms with Gasteiger partial charge in [0.25, 0.3) is 11.8 Å². The van der Waals surface area contributed by atoms with E-state index in [-0.39, 0.29) is 41.5 Å². The van der Waals surface area contributed by atoms with Crippen LogP contribution in [0.1, 0.15) is 74.4 Å². The van der Waals surface area contributed by atoms with Crippen LogP contribution >= 0.6 is 0 Å². The molecule has 2 aliphatic rings. The van der Waals surface area contributed by atoms with Gasteiger partial charge in [0.1, 0.15) is 11.4 Å². The maximum absolute atomic E-state index is 14.0. The van der Waals surface area contributed by atoms with Crippen LogP contribution in [0.5, 0.6) is 0 Å². The lowest BCUT2D eigenvalue weighted by Gasteiger charge is -2.45. The molecule has 2 N–H and O–H groups in total. The van der Waals surface area contributed by atoms with Crippen LogP contribution in [0, 0.1) is 23.0 Å². The van der Waals surface area contributed by atoms with Crippen LogP contribution in [0.15, 0.2) is 47.5 Å². The van der Waals surface area contributed by atoms with Gasteiger partial charge in [-0.3, -0.25) is 19.4 Å². The number of carbonyl (C=O) groups excluding carboxylic acids is 2. The summed E-state index contributed by atoms with van der Waals surface area (Å²) in [5, 5.41) is 11.3. The van der Waals surface area contributed by atoms with E-state index < -0.39 is 23.3 Å². The first-order valence-electron chi connectivity index (χ1n) is 13.4. The van der Waals surface area contributed by atoms with Crippen molar-refractivity contribution in [3.63, 3.8) is 0 Å². The number of nitrogens with one attached hydrogen (secondary N) is 1. The number of hydrogen-bond acceptors (Lipinski definition) is 4. The van der Waals surface area contributed by atoms with E-state index in [0.717, 1.165) is 30.5 Å². The number of rotatable bonds is 8. The van der Waals surface area contributed by atoms with Crippen molar-refractivity contribution in [3.8, 4) is 0 Å². The van der Waals surface area contributed by atoms with Gasteiger partial charge in [0.15, 0.2) is 11.6 Å². The molecule has 4 rings (SSSR count). The fourth-order valence-corrected chi connectivity index (χ4v) is 5.55. The summed E-state index contributed by atoms with van der Waals surface area (Å²) < 4.78 is 27.6. The molecule has 2 amide bonds. The van der Waals surface area contributed by atoms with Crippen molar-refractivity contribution in [1.82, 2.24) is 10.2 Å². The highest BCUT2D eigenvalue weighted by Crippen LogP contribution is 2.46. The topological polar surface area (TPSA) is 99.1 Å². The summed E-state index contributed by atoms with van der Waals surface area (Å²) in [7, 11) is 0. The molecule has 0 radical (unpaired) electrons. The summed E-state index contributed by atoms with van der Waals surface area (Å²) in [6.07, 6.45) is 3.59. The Morgan fingerprint density at radius 2 is 1.74 bits per heavy atom. The zero-order valence-corrected chi connectivity index (χ0v) is 22.6. The number of halogens is 2. The monoisotopic (exact) mass is 539 g/mol. The fraction of sp³-hybridized carbons (Fsp3) is 0.467. The molecule has 7 nitrogen and oxygen atoms in total. The maximum Gasteiger partial charge on any atom is 0.305 e. The van der Waals surface area contributed by atoms with Gasteiger partial charge >= 0.3 is 5.97 Å². The zero-order chi connectivity index (χ0) is 28.4. The second-order valence-corrected chi connectivity index (χ2v) is 11.5. The van der Waals surface area contributed by atoms with Crippen LogP contribution in [-0.2, 0) is 16.0 Å². The Kier molecular flexibility index (Phi) is 8.18. The van der Waals surface area contributed by atoms with E-state index in [0.29, 0.717) is 37.3 Å². The SMILES string of the molecule is CC(C)(C)C1CCC2(CC1)N=C(c1ccc(F)c(F)c1)C(=O)N2CCc1ccc(C(=O)NCCC(=O)O)cc1. The molecular formula is C30H35F2N3O4. The van der Waals surface area contributed by atoms with Crippen LogP contribution in [0.3, 0.4) is 0 Å². The van der Waals surface area contributed by atoms with Crippen molar-refractivity contribution in [1.29, 1.82) is 0 Å². The third kappa shape index (κ3) is 6.34. The van der Waals surface area contributed by atoms with E-state index in [1.807, 2.05) is 12.1 Å². The Labute approximate surface area is 227 Å². The van der Waals surface area contributed by atoms with Gasteiger partial charge < -0.3 is 15.3 Å². The van der Waals surface area contributed by atoms with Crippen molar-refractivity contribution < 1.29 is 28.3 Å². The number of aliphatic carboxylic acids is 1. The molecule has 0 unspecified atom stereocenters. The highest BCUT2D eigenvalue weighted by Gasteiger charge is 2.49. The number of nitrogens with zero attached hydrogens (tertiary/aromatic N) is 2. The van der Waals surface area contributed by atoms with Gasteiger partial charge in [-0.05, 0) is 79.3 Å². The van der Waals surface area contributed by atoms with Gasteiger partial charge in [-0.15, -0.1) is 0 Å². The van der Waals surface area contributed by atoms with Gasteiger partial charge in [0.2, 0.25) is 0 Å². The minimum atomic E-state index is -1.01.